The Labute approximate surface area is 394 Å². The molecule has 0 fully saturated rings. The molecule has 3 aromatic carbocycles. The Balaban J connectivity index is 1.48. The van der Waals surface area contributed by atoms with E-state index in [1.165, 1.54) is 12.1 Å². The molecule has 0 atom stereocenters. The van der Waals surface area contributed by atoms with Crippen molar-refractivity contribution in [2.24, 2.45) is 0 Å². The zero-order chi connectivity index (χ0) is 48.6. The van der Waals surface area contributed by atoms with Crippen LogP contribution in [0.3, 0.4) is 0 Å². The first-order chi connectivity index (χ1) is 30.6. The lowest BCUT2D eigenvalue weighted by atomic mass is 9.81. The summed E-state index contributed by atoms with van der Waals surface area (Å²) >= 11 is 0. The third kappa shape index (κ3) is 11.9. The number of anilines is 1. The van der Waals surface area contributed by atoms with Crippen LogP contribution < -0.4 is 9.64 Å². The largest absolute Gasteiger partial charge is 0.457 e. The molecule has 0 spiro atoms. The van der Waals surface area contributed by atoms with Gasteiger partial charge in [0.2, 0.25) is 5.69 Å². The van der Waals surface area contributed by atoms with E-state index in [1.807, 2.05) is 24.3 Å². The van der Waals surface area contributed by atoms with Gasteiger partial charge in [0.1, 0.15) is 17.3 Å². The van der Waals surface area contributed by atoms with Crippen LogP contribution in [0.2, 0.25) is 0 Å². The van der Waals surface area contributed by atoms with Crippen molar-refractivity contribution in [3.63, 3.8) is 0 Å². The number of Topliss-reactive ketones (excluding diaryl/α,β-unsaturated/α-hetero) is 1. The number of ketones is 1. The first-order valence-electron chi connectivity index (χ1n) is 22.9. The van der Waals surface area contributed by atoms with Crippen LogP contribution in [-0.2, 0) is 42.3 Å². The predicted octanol–water partition coefficient (Wildman–Crippen LogP) is 8.95. The second kappa shape index (κ2) is 19.1. The quantitative estimate of drug-likeness (QED) is 0.0727. The summed E-state index contributed by atoms with van der Waals surface area (Å²) in [5, 5.41) is 0. The smallest absolute Gasteiger partial charge is 0.294 e. The Morgan fingerprint density at radius 2 is 1.38 bits per heavy atom. The molecule has 3 aromatic rings. The number of ether oxygens (including phenoxy) is 1. The average molecular weight is 944 g/mol. The monoisotopic (exact) mass is 943 g/mol. The molecule has 0 unspecified atom stereocenters. The van der Waals surface area contributed by atoms with Crippen LogP contribution in [0.1, 0.15) is 89.8 Å². The normalized spacial score (nSPS) is 18.8. The number of carbonyl (C=O) groups excluding carboxylic acids is 1. The molecule has 14 heteroatoms. The fourth-order valence-electron chi connectivity index (χ4n) is 9.39. The maximum Gasteiger partial charge on any atom is 0.294 e. The molecule has 1 aliphatic carbocycles. The molecule has 2 N–H and O–H groups in total. The maximum absolute atomic E-state index is 12.3. The van der Waals surface area contributed by atoms with Gasteiger partial charge in [0, 0.05) is 53.9 Å². The van der Waals surface area contributed by atoms with Crippen LogP contribution in [0.4, 0.5) is 11.4 Å². The van der Waals surface area contributed by atoms with Gasteiger partial charge in [-0.3, -0.25) is 9.11 Å². The second-order valence-electron chi connectivity index (χ2n) is 21.2. The van der Waals surface area contributed by atoms with Crippen LogP contribution >= 0.6 is 0 Å². The van der Waals surface area contributed by atoms with Crippen LogP contribution in [0, 0.1) is 0 Å². The van der Waals surface area contributed by atoms with Crippen molar-refractivity contribution in [3.05, 3.63) is 124 Å². The van der Waals surface area contributed by atoms with E-state index in [4.69, 9.17) is 4.74 Å². The Hall–Kier alpha value is -4.70. The number of fused-ring (bicyclic) bond motifs is 2. The van der Waals surface area contributed by atoms with Crippen molar-refractivity contribution < 1.29 is 49.0 Å². The molecule has 0 bridgehead atoms. The van der Waals surface area contributed by atoms with Crippen LogP contribution in [0.15, 0.2) is 117 Å². The molecule has 3 aliphatic rings. The number of hydrogen-bond acceptors (Lipinski definition) is 7. The molecule has 6 rings (SSSR count). The van der Waals surface area contributed by atoms with E-state index in [1.54, 1.807) is 31.2 Å². The van der Waals surface area contributed by atoms with E-state index in [9.17, 15) is 30.7 Å². The Morgan fingerprint density at radius 3 is 1.98 bits per heavy atom. The lowest BCUT2D eigenvalue weighted by Crippen LogP contribution is -2.37. The fraction of sp³-hybridized carbons (Fsp3) is 0.462. The van der Waals surface area contributed by atoms with E-state index < -0.39 is 31.1 Å². The Bertz CT molecular complexity index is 2750. The summed E-state index contributed by atoms with van der Waals surface area (Å²) in [7, 11) is 4.15. The summed E-state index contributed by atoms with van der Waals surface area (Å²) in [6.45, 7) is 13.2. The number of rotatable bonds is 18. The highest BCUT2D eigenvalue weighted by Crippen LogP contribution is 2.49. The molecule has 12 nitrogen and oxygen atoms in total. The highest BCUT2D eigenvalue weighted by molar-refractivity contribution is 7.86. The maximum atomic E-state index is 12.3. The molecule has 2 aliphatic heterocycles. The average Bonchev–Trinajstić information content (AvgIpc) is 3.55. The first-order valence-corrected chi connectivity index (χ1v) is 25.8. The van der Waals surface area contributed by atoms with Gasteiger partial charge in [0.15, 0.2) is 12.3 Å². The lowest BCUT2D eigenvalue weighted by molar-refractivity contribution is -0.871. The third-order valence-electron chi connectivity index (χ3n) is 13.0. The molecule has 66 heavy (non-hydrogen) atoms. The van der Waals surface area contributed by atoms with Crippen molar-refractivity contribution in [1.82, 2.24) is 0 Å². The number of allylic oxidation sites excluding steroid dienone is 7. The minimum Gasteiger partial charge on any atom is -0.457 e. The number of quaternary nitrogens is 2. The highest BCUT2D eigenvalue weighted by Gasteiger charge is 2.45. The van der Waals surface area contributed by atoms with E-state index in [0.717, 1.165) is 111 Å². The molecule has 356 valence electrons. The van der Waals surface area contributed by atoms with Gasteiger partial charge in [-0.2, -0.15) is 21.4 Å². The summed E-state index contributed by atoms with van der Waals surface area (Å²) in [5.74, 6) is 1.54. The predicted molar refractivity (Wildman–Crippen MR) is 263 cm³/mol. The third-order valence-corrected chi connectivity index (χ3v) is 14.7. The zero-order valence-electron chi connectivity index (χ0n) is 40.8. The minimum absolute atomic E-state index is 0.132. The summed E-state index contributed by atoms with van der Waals surface area (Å²) in [4.78, 5) is 13.8. The molecule has 2 heterocycles. The van der Waals surface area contributed by atoms with E-state index >= 15 is 0 Å². The highest BCUT2D eigenvalue weighted by atomic mass is 32.2. The number of hydrogen-bond donors (Lipinski definition) is 2. The van der Waals surface area contributed by atoms with Crippen molar-refractivity contribution in [2.45, 2.75) is 100 Å². The standard InChI is InChI=1S/C52H69N4O8S2/c1-37(57)17-18-38-19-23-41(24-20-38)64-50-39(21-29-48-51(2,3)44-35-42(65(58,59)60)25-27-46(44)53(48)31-13-33-55(6,7)8)15-12-16-40(50)22-30-49-52(4,5)45-36-43(66(61,62)63)26-28-47(45)54(49)32-14-34-56(9,10)11/h19-30,35-36H,12-18,31-34H2,1-11H3/q+1/p+2. The van der Waals surface area contributed by atoms with Crippen molar-refractivity contribution >= 4 is 43.1 Å². The number of carbonyl (C=O) groups is 1. The van der Waals surface area contributed by atoms with Gasteiger partial charge in [-0.25, -0.2) is 0 Å². The molecule has 0 amide bonds. The number of aryl methyl sites for hydroxylation is 1. The van der Waals surface area contributed by atoms with E-state index in [2.05, 4.69) is 104 Å². The van der Waals surface area contributed by atoms with E-state index in [-0.39, 0.29) is 15.6 Å². The molecule has 0 radical (unpaired) electrons. The Morgan fingerprint density at radius 1 is 0.773 bits per heavy atom. The SMILES string of the molecule is CC(=O)CCc1ccc(OC2=C(/C=C/C3=[N+](CCC[N+](C)(C)C)c4ccc(S(=O)(=O)O)cc4C3(C)C)CCC/C2=C\C=C2\N(CCC[N+](C)(C)C)c3ccc(S(=O)(=O)O)cc3C2(C)C)cc1. The van der Waals surface area contributed by atoms with Crippen LogP contribution in [-0.4, -0.2) is 119 Å². The number of nitrogens with zero attached hydrogens (tertiary/aromatic N) is 4. The van der Waals surface area contributed by atoms with Gasteiger partial charge in [0.25, 0.3) is 20.2 Å². The summed E-state index contributed by atoms with van der Waals surface area (Å²) in [5.41, 5.74) is 7.32. The van der Waals surface area contributed by atoms with Gasteiger partial charge in [0.05, 0.1) is 77.0 Å². The summed E-state index contributed by atoms with van der Waals surface area (Å²) in [6.07, 6.45) is 13.8. The molecule has 0 aromatic heterocycles. The van der Waals surface area contributed by atoms with Crippen LogP contribution in [0.5, 0.6) is 5.75 Å². The van der Waals surface area contributed by atoms with Gasteiger partial charge >= 0.3 is 0 Å². The van der Waals surface area contributed by atoms with E-state index in [0.29, 0.717) is 31.7 Å². The molecule has 0 saturated carbocycles. The van der Waals surface area contributed by atoms with Gasteiger partial charge in [-0.15, -0.1) is 0 Å². The van der Waals surface area contributed by atoms with Crippen molar-refractivity contribution in [1.29, 1.82) is 0 Å². The second-order valence-corrected chi connectivity index (χ2v) is 24.1. The van der Waals surface area contributed by atoms with Crippen molar-refractivity contribution in [3.8, 4) is 5.75 Å². The fourth-order valence-corrected chi connectivity index (χ4v) is 10.4. The first kappa shape index (κ1) is 50.7. The molecular formula is C52H71N4O8S2+3. The summed E-state index contributed by atoms with van der Waals surface area (Å²) in [6, 6.07) is 17.6. The van der Waals surface area contributed by atoms with Crippen molar-refractivity contribution in [2.75, 3.05) is 73.4 Å². The molecular weight excluding hydrogens is 873 g/mol. The minimum atomic E-state index is -4.42. The zero-order valence-corrected chi connectivity index (χ0v) is 42.4. The number of benzene rings is 3. The lowest BCUT2D eigenvalue weighted by Gasteiger charge is -2.29. The summed E-state index contributed by atoms with van der Waals surface area (Å²) < 4.78 is 80.2. The molecule has 0 saturated heterocycles. The topological polar surface area (TPSA) is 141 Å². The van der Waals surface area contributed by atoms with Gasteiger partial charge < -0.3 is 23.4 Å². The Kier molecular flexibility index (Phi) is 14.7. The van der Waals surface area contributed by atoms with Gasteiger partial charge in [-0.05, 0) is 123 Å². The van der Waals surface area contributed by atoms with Crippen LogP contribution in [0.25, 0.3) is 0 Å². The van der Waals surface area contributed by atoms with Gasteiger partial charge in [-0.1, -0.05) is 32.1 Å².